The molecule has 7 nitrogen and oxygen atoms in total. The van der Waals surface area contributed by atoms with Crippen LogP contribution in [0.5, 0.6) is 5.75 Å². The Hall–Kier alpha value is -2.35. The largest absolute Gasteiger partial charge is 0.494 e. The van der Waals surface area contributed by atoms with E-state index >= 15 is 0 Å². The van der Waals surface area contributed by atoms with Crippen molar-refractivity contribution in [2.75, 3.05) is 6.61 Å². The molecule has 0 bridgehead atoms. The molecule has 2 N–H and O–H groups in total. The molecular formula is C18H21N3O4S. The second kappa shape index (κ2) is 8.35. The molecule has 3 rings (SSSR count). The number of aliphatic carboxylic acids is 1. The number of nitrogens with zero attached hydrogens (tertiary/aromatic N) is 2. The van der Waals surface area contributed by atoms with E-state index in [1.165, 1.54) is 11.1 Å². The second-order valence-electron chi connectivity index (χ2n) is 6.09. The van der Waals surface area contributed by atoms with Gasteiger partial charge in [-0.1, -0.05) is 11.8 Å². The van der Waals surface area contributed by atoms with Gasteiger partial charge in [0.05, 0.1) is 19.2 Å². The van der Waals surface area contributed by atoms with Crippen LogP contribution in [0, 0.1) is 0 Å². The highest BCUT2D eigenvalue weighted by molar-refractivity contribution is 8.15. The Morgan fingerprint density at radius 3 is 2.88 bits per heavy atom. The van der Waals surface area contributed by atoms with E-state index in [1.54, 1.807) is 6.21 Å². The first-order valence-corrected chi connectivity index (χ1v) is 9.54. The van der Waals surface area contributed by atoms with Crippen molar-refractivity contribution >= 4 is 35.0 Å². The molecule has 1 amide bonds. The molecule has 1 heterocycles. The average Bonchev–Trinajstić information content (AvgIpc) is 2.96. The molecule has 0 aromatic heterocycles. The SMILES string of the molecule is CCOc1ccc(C=NN=C2NC(=O)C(CC(=O)O)S2)c2c1CCCC2. The Morgan fingerprint density at radius 1 is 1.38 bits per heavy atom. The van der Waals surface area contributed by atoms with E-state index in [2.05, 4.69) is 15.5 Å². The Kier molecular flexibility index (Phi) is 5.92. The summed E-state index contributed by atoms with van der Waals surface area (Å²) in [6.45, 7) is 2.62. The lowest BCUT2D eigenvalue weighted by molar-refractivity contribution is -0.138. The van der Waals surface area contributed by atoms with E-state index in [1.807, 2.05) is 19.1 Å². The molecule has 0 saturated carbocycles. The van der Waals surface area contributed by atoms with Crippen molar-refractivity contribution in [2.45, 2.75) is 44.3 Å². The highest BCUT2D eigenvalue weighted by Crippen LogP contribution is 2.32. The molecule has 1 unspecified atom stereocenters. The van der Waals surface area contributed by atoms with Gasteiger partial charge in [-0.3, -0.25) is 9.59 Å². The summed E-state index contributed by atoms with van der Waals surface area (Å²) >= 11 is 1.09. The van der Waals surface area contributed by atoms with E-state index in [-0.39, 0.29) is 12.3 Å². The molecule has 2 aliphatic rings. The standard InChI is InChI=1S/C18H21N3O4S/c1-2-25-14-8-7-11(12-5-3-4-6-13(12)14)10-19-21-18-20-17(24)15(26-18)9-16(22)23/h7-8,10,15H,2-6,9H2,1H3,(H,22,23)(H,20,21,24). The number of carboxylic acid groups (broad SMARTS) is 1. The van der Waals surface area contributed by atoms with Gasteiger partial charge in [-0.25, -0.2) is 0 Å². The first-order chi connectivity index (χ1) is 12.6. The predicted molar refractivity (Wildman–Crippen MR) is 101 cm³/mol. The molecular weight excluding hydrogens is 354 g/mol. The smallest absolute Gasteiger partial charge is 0.305 e. The zero-order chi connectivity index (χ0) is 18.5. The summed E-state index contributed by atoms with van der Waals surface area (Å²) in [7, 11) is 0. The zero-order valence-electron chi connectivity index (χ0n) is 14.5. The van der Waals surface area contributed by atoms with E-state index in [9.17, 15) is 9.59 Å². The maximum Gasteiger partial charge on any atom is 0.305 e. The van der Waals surface area contributed by atoms with Crippen LogP contribution >= 0.6 is 11.8 Å². The van der Waals surface area contributed by atoms with Crippen LogP contribution in [-0.4, -0.2) is 40.2 Å². The summed E-state index contributed by atoms with van der Waals surface area (Å²) in [6.07, 6.45) is 5.74. The maximum absolute atomic E-state index is 11.7. The topological polar surface area (TPSA) is 100 Å². The lowest BCUT2D eigenvalue weighted by Gasteiger charge is -2.21. The third-order valence-corrected chi connectivity index (χ3v) is 5.38. The number of carbonyl (C=O) groups excluding carboxylic acids is 1. The summed E-state index contributed by atoms with van der Waals surface area (Å²) in [5.41, 5.74) is 3.50. The molecule has 1 atom stereocenters. The van der Waals surface area contributed by atoms with Crippen molar-refractivity contribution in [3.8, 4) is 5.75 Å². The summed E-state index contributed by atoms with van der Waals surface area (Å²) in [5, 5.41) is 19.2. The van der Waals surface area contributed by atoms with Crippen LogP contribution in [-0.2, 0) is 22.4 Å². The van der Waals surface area contributed by atoms with Crippen LogP contribution in [0.4, 0.5) is 0 Å². The van der Waals surface area contributed by atoms with Crippen LogP contribution in [0.25, 0.3) is 0 Å². The van der Waals surface area contributed by atoms with Gasteiger partial charge in [-0.05, 0) is 61.4 Å². The summed E-state index contributed by atoms with van der Waals surface area (Å²) in [6, 6.07) is 3.95. The first kappa shape index (κ1) is 18.4. The van der Waals surface area contributed by atoms with Gasteiger partial charge in [0.2, 0.25) is 5.91 Å². The molecule has 1 aromatic carbocycles. The molecule has 138 valence electrons. The predicted octanol–water partition coefficient (Wildman–Crippen LogP) is 2.36. The zero-order valence-corrected chi connectivity index (χ0v) is 15.3. The number of carboxylic acids is 1. The third-order valence-electron chi connectivity index (χ3n) is 4.31. The van der Waals surface area contributed by atoms with Gasteiger partial charge in [0, 0.05) is 0 Å². The van der Waals surface area contributed by atoms with E-state index in [0.717, 1.165) is 48.8 Å². The number of rotatable bonds is 6. The Labute approximate surface area is 155 Å². The fourth-order valence-corrected chi connectivity index (χ4v) is 4.08. The number of hydrogen-bond acceptors (Lipinski definition) is 6. The van der Waals surface area contributed by atoms with Crippen molar-refractivity contribution in [1.29, 1.82) is 0 Å². The minimum Gasteiger partial charge on any atom is -0.494 e. The summed E-state index contributed by atoms with van der Waals surface area (Å²) < 4.78 is 5.73. The maximum atomic E-state index is 11.7. The number of hydrogen-bond donors (Lipinski definition) is 2. The van der Waals surface area contributed by atoms with Gasteiger partial charge in [-0.2, -0.15) is 5.10 Å². The molecule has 26 heavy (non-hydrogen) atoms. The number of nitrogens with one attached hydrogen (secondary N) is 1. The monoisotopic (exact) mass is 375 g/mol. The van der Waals surface area contributed by atoms with Gasteiger partial charge in [-0.15, -0.1) is 5.10 Å². The van der Waals surface area contributed by atoms with Crippen molar-refractivity contribution in [2.24, 2.45) is 10.2 Å². The van der Waals surface area contributed by atoms with Gasteiger partial charge >= 0.3 is 5.97 Å². The van der Waals surface area contributed by atoms with Gasteiger partial charge in [0.15, 0.2) is 5.17 Å². The van der Waals surface area contributed by atoms with E-state index in [0.29, 0.717) is 11.8 Å². The Bertz CT molecular complexity index is 776. The number of carbonyl (C=O) groups is 2. The fraction of sp³-hybridized carbons (Fsp3) is 0.444. The summed E-state index contributed by atoms with van der Waals surface area (Å²) in [4.78, 5) is 22.4. The van der Waals surface area contributed by atoms with Crippen molar-refractivity contribution in [1.82, 2.24) is 5.32 Å². The van der Waals surface area contributed by atoms with Crippen molar-refractivity contribution in [3.63, 3.8) is 0 Å². The molecule has 0 spiro atoms. The Balaban J connectivity index is 1.75. The van der Waals surface area contributed by atoms with Crippen LogP contribution in [0.15, 0.2) is 22.3 Å². The molecule has 0 radical (unpaired) electrons. The third kappa shape index (κ3) is 4.24. The van der Waals surface area contributed by atoms with E-state index in [4.69, 9.17) is 9.84 Å². The van der Waals surface area contributed by atoms with Crippen LogP contribution in [0.2, 0.25) is 0 Å². The number of amidine groups is 1. The highest BCUT2D eigenvalue weighted by atomic mass is 32.2. The fourth-order valence-electron chi connectivity index (χ4n) is 3.16. The van der Waals surface area contributed by atoms with Gasteiger partial charge in [0.25, 0.3) is 0 Å². The normalized spacial score (nSPS) is 21.0. The average molecular weight is 375 g/mol. The van der Waals surface area contributed by atoms with Crippen LogP contribution < -0.4 is 10.1 Å². The van der Waals surface area contributed by atoms with Crippen molar-refractivity contribution < 1.29 is 19.4 Å². The molecule has 8 heteroatoms. The lowest BCUT2D eigenvalue weighted by atomic mass is 9.88. The number of benzene rings is 1. The van der Waals surface area contributed by atoms with E-state index < -0.39 is 11.2 Å². The minimum absolute atomic E-state index is 0.231. The first-order valence-electron chi connectivity index (χ1n) is 8.66. The minimum atomic E-state index is -1.01. The molecule has 1 aromatic rings. The van der Waals surface area contributed by atoms with Crippen LogP contribution in [0.1, 0.15) is 42.9 Å². The molecule has 1 fully saturated rings. The number of thioether (sulfide) groups is 1. The van der Waals surface area contributed by atoms with Gasteiger partial charge < -0.3 is 15.2 Å². The van der Waals surface area contributed by atoms with Gasteiger partial charge in [0.1, 0.15) is 11.0 Å². The molecule has 1 aliphatic carbocycles. The highest BCUT2D eigenvalue weighted by Gasteiger charge is 2.32. The Morgan fingerprint density at radius 2 is 2.15 bits per heavy atom. The number of fused-ring (bicyclic) bond motifs is 1. The quantitative estimate of drug-likeness (QED) is 0.587. The number of ether oxygens (including phenoxy) is 1. The summed E-state index contributed by atoms with van der Waals surface area (Å²) in [5.74, 6) is -0.408. The van der Waals surface area contributed by atoms with Crippen LogP contribution in [0.3, 0.4) is 0 Å². The molecule has 1 saturated heterocycles. The van der Waals surface area contributed by atoms with Crippen molar-refractivity contribution in [3.05, 3.63) is 28.8 Å². The number of amides is 1. The second-order valence-corrected chi connectivity index (χ2v) is 7.28. The lowest BCUT2D eigenvalue weighted by Crippen LogP contribution is -2.26. The molecule has 1 aliphatic heterocycles.